The summed E-state index contributed by atoms with van der Waals surface area (Å²) in [4.78, 5) is 21.5. The maximum absolute atomic E-state index is 13.0. The SMILES string of the molecule is C[C@H](C(=O)N1CCCC1)C1CC[C@@]2(C)Cc3sc(-c4ccsc4)nc3[C@@H](C)[C@@H]2[C@H]1O. The Morgan fingerprint density at radius 3 is 2.83 bits per heavy atom. The van der Waals surface area contributed by atoms with Gasteiger partial charge in [0.2, 0.25) is 5.91 Å². The number of thiophene rings is 1. The number of hydrogen-bond donors (Lipinski definition) is 1. The van der Waals surface area contributed by atoms with Crippen LogP contribution >= 0.6 is 22.7 Å². The van der Waals surface area contributed by atoms with E-state index in [9.17, 15) is 9.90 Å². The van der Waals surface area contributed by atoms with Crippen LogP contribution in [0, 0.1) is 23.2 Å². The zero-order valence-corrected chi connectivity index (χ0v) is 19.8. The highest BCUT2D eigenvalue weighted by atomic mass is 32.1. The van der Waals surface area contributed by atoms with E-state index in [4.69, 9.17) is 4.98 Å². The normalized spacial score (nSPS) is 34.5. The third kappa shape index (κ3) is 3.26. The van der Waals surface area contributed by atoms with Crippen LogP contribution < -0.4 is 0 Å². The van der Waals surface area contributed by atoms with E-state index in [1.54, 1.807) is 11.3 Å². The minimum atomic E-state index is -0.445. The zero-order chi connectivity index (χ0) is 21.0. The van der Waals surface area contributed by atoms with Gasteiger partial charge in [0.05, 0.1) is 11.8 Å². The second-order valence-electron chi connectivity index (χ2n) is 10.00. The zero-order valence-electron chi connectivity index (χ0n) is 18.1. The van der Waals surface area contributed by atoms with Crippen molar-refractivity contribution in [2.75, 3.05) is 13.1 Å². The molecule has 2 aliphatic carbocycles. The molecule has 0 spiro atoms. The first-order valence-corrected chi connectivity index (χ1v) is 13.1. The van der Waals surface area contributed by atoms with E-state index < -0.39 is 6.10 Å². The predicted octanol–water partition coefficient (Wildman–Crippen LogP) is 5.18. The smallest absolute Gasteiger partial charge is 0.225 e. The van der Waals surface area contributed by atoms with Crippen LogP contribution in [-0.2, 0) is 11.2 Å². The van der Waals surface area contributed by atoms with Gasteiger partial charge < -0.3 is 10.0 Å². The molecule has 1 unspecified atom stereocenters. The molecule has 1 saturated heterocycles. The molecule has 2 fully saturated rings. The molecule has 3 heterocycles. The molecule has 1 aliphatic heterocycles. The van der Waals surface area contributed by atoms with E-state index in [0.29, 0.717) is 0 Å². The van der Waals surface area contributed by atoms with Gasteiger partial charge >= 0.3 is 0 Å². The fraction of sp³-hybridized carbons (Fsp3) is 0.667. The van der Waals surface area contributed by atoms with Crippen molar-refractivity contribution in [3.8, 4) is 10.6 Å². The lowest BCUT2D eigenvalue weighted by Gasteiger charge is -2.53. The largest absolute Gasteiger partial charge is 0.392 e. The second-order valence-corrected chi connectivity index (χ2v) is 11.9. The van der Waals surface area contributed by atoms with Gasteiger partial charge in [-0.2, -0.15) is 11.3 Å². The topological polar surface area (TPSA) is 53.4 Å². The number of aliphatic hydroxyl groups is 1. The number of hydrogen-bond acceptors (Lipinski definition) is 5. The first-order valence-electron chi connectivity index (χ1n) is 11.4. The summed E-state index contributed by atoms with van der Waals surface area (Å²) in [5.74, 6) is 0.574. The number of likely N-dealkylation sites (tertiary alicyclic amines) is 1. The van der Waals surface area contributed by atoms with E-state index in [0.717, 1.165) is 50.2 Å². The molecule has 162 valence electrons. The van der Waals surface area contributed by atoms with Crippen LogP contribution in [0.4, 0.5) is 0 Å². The molecule has 6 heteroatoms. The van der Waals surface area contributed by atoms with Crippen LogP contribution in [0.3, 0.4) is 0 Å². The van der Waals surface area contributed by atoms with Gasteiger partial charge in [-0.1, -0.05) is 20.8 Å². The van der Waals surface area contributed by atoms with Crippen molar-refractivity contribution in [1.29, 1.82) is 0 Å². The van der Waals surface area contributed by atoms with Crippen molar-refractivity contribution in [2.24, 2.45) is 23.2 Å². The Morgan fingerprint density at radius 2 is 2.13 bits per heavy atom. The molecular formula is C24H32N2O2S2. The molecule has 3 aliphatic rings. The van der Waals surface area contributed by atoms with E-state index in [1.165, 1.54) is 16.1 Å². The molecule has 0 bridgehead atoms. The van der Waals surface area contributed by atoms with Crippen molar-refractivity contribution in [3.63, 3.8) is 0 Å². The molecular weight excluding hydrogens is 412 g/mol. The molecule has 30 heavy (non-hydrogen) atoms. The predicted molar refractivity (Wildman–Crippen MR) is 123 cm³/mol. The van der Waals surface area contributed by atoms with Crippen LogP contribution in [0.15, 0.2) is 16.8 Å². The van der Waals surface area contributed by atoms with E-state index in [1.807, 2.05) is 23.2 Å². The lowest BCUT2D eigenvalue weighted by molar-refractivity contribution is -0.143. The maximum atomic E-state index is 13.0. The van der Waals surface area contributed by atoms with Gasteiger partial charge in [0.25, 0.3) is 0 Å². The van der Waals surface area contributed by atoms with Crippen molar-refractivity contribution in [2.45, 2.75) is 64.9 Å². The molecule has 0 aromatic carbocycles. The summed E-state index contributed by atoms with van der Waals surface area (Å²) in [5.41, 5.74) is 2.47. The molecule has 1 saturated carbocycles. The average molecular weight is 445 g/mol. The Kier molecular flexibility index (Phi) is 5.31. The van der Waals surface area contributed by atoms with Crippen LogP contribution in [0.1, 0.15) is 62.9 Å². The summed E-state index contributed by atoms with van der Waals surface area (Å²) >= 11 is 3.54. The molecule has 5 rings (SSSR count). The van der Waals surface area contributed by atoms with E-state index in [-0.39, 0.29) is 35.0 Å². The fourth-order valence-electron chi connectivity index (χ4n) is 6.46. The summed E-state index contributed by atoms with van der Waals surface area (Å²) in [7, 11) is 0. The van der Waals surface area contributed by atoms with Crippen LogP contribution in [0.5, 0.6) is 0 Å². The third-order valence-corrected chi connectivity index (χ3v) is 9.94. The number of fused-ring (bicyclic) bond motifs is 2. The highest BCUT2D eigenvalue weighted by Crippen LogP contribution is 2.57. The van der Waals surface area contributed by atoms with Gasteiger partial charge in [-0.05, 0) is 60.8 Å². The standard InChI is InChI=1S/C24H32N2O2S2/c1-14(23(28)26-9-4-5-10-26)17-6-8-24(3)12-18-20(15(2)19(24)21(17)27)25-22(30-18)16-7-11-29-13-16/h7,11,13-15,17,19,21,27H,4-6,8-10,12H2,1-3H3/t14-,15-,17?,19+,21-,24-/m0/s1. The lowest BCUT2D eigenvalue weighted by Crippen LogP contribution is -2.53. The number of thiazole rings is 1. The Bertz CT molecular complexity index is 918. The number of amides is 1. The molecule has 1 amide bonds. The summed E-state index contributed by atoms with van der Waals surface area (Å²) in [6, 6.07) is 2.14. The lowest BCUT2D eigenvalue weighted by atomic mass is 9.53. The molecule has 4 nitrogen and oxygen atoms in total. The number of carbonyl (C=O) groups excluding carboxylic acids is 1. The van der Waals surface area contributed by atoms with Crippen molar-refractivity contribution in [3.05, 3.63) is 27.4 Å². The number of aliphatic hydroxyl groups excluding tert-OH is 1. The third-order valence-electron chi connectivity index (χ3n) is 8.14. The van der Waals surface area contributed by atoms with E-state index >= 15 is 0 Å². The second kappa shape index (κ2) is 7.72. The van der Waals surface area contributed by atoms with Gasteiger partial charge in [-0.15, -0.1) is 11.3 Å². The molecule has 0 radical (unpaired) electrons. The summed E-state index contributed by atoms with van der Waals surface area (Å²) < 4.78 is 0. The van der Waals surface area contributed by atoms with Gasteiger partial charge in [-0.25, -0.2) is 4.98 Å². The van der Waals surface area contributed by atoms with Gasteiger partial charge in [0, 0.05) is 40.7 Å². The molecule has 1 N–H and O–H groups in total. The first kappa shape index (κ1) is 20.7. The first-order chi connectivity index (χ1) is 14.4. The maximum Gasteiger partial charge on any atom is 0.225 e. The number of rotatable bonds is 3. The highest BCUT2D eigenvalue weighted by molar-refractivity contribution is 7.15. The quantitative estimate of drug-likeness (QED) is 0.709. The minimum absolute atomic E-state index is 0.0511. The molecule has 6 atom stereocenters. The minimum Gasteiger partial charge on any atom is -0.392 e. The summed E-state index contributed by atoms with van der Waals surface area (Å²) in [6.45, 7) is 8.42. The van der Waals surface area contributed by atoms with Gasteiger partial charge in [0.15, 0.2) is 0 Å². The average Bonchev–Trinajstić information content (AvgIpc) is 3.46. The number of aromatic nitrogens is 1. The monoisotopic (exact) mass is 444 g/mol. The Labute approximate surface area is 187 Å². The molecule has 2 aromatic rings. The highest BCUT2D eigenvalue weighted by Gasteiger charge is 2.54. The van der Waals surface area contributed by atoms with Crippen LogP contribution in [0.2, 0.25) is 0 Å². The Morgan fingerprint density at radius 1 is 1.37 bits per heavy atom. The van der Waals surface area contributed by atoms with E-state index in [2.05, 4.69) is 30.7 Å². The summed E-state index contributed by atoms with van der Waals surface area (Å²) in [6.07, 6.45) is 4.79. The fourth-order valence-corrected chi connectivity index (χ4v) is 8.54. The van der Waals surface area contributed by atoms with Crippen LogP contribution in [-0.4, -0.2) is 40.1 Å². The number of carbonyl (C=O) groups is 1. The van der Waals surface area contributed by atoms with Crippen LogP contribution in [0.25, 0.3) is 10.6 Å². The number of nitrogens with zero attached hydrogens (tertiary/aromatic N) is 2. The van der Waals surface area contributed by atoms with Crippen molar-refractivity contribution < 1.29 is 9.90 Å². The summed E-state index contributed by atoms with van der Waals surface area (Å²) in [5, 5.41) is 17.0. The van der Waals surface area contributed by atoms with Crippen molar-refractivity contribution in [1.82, 2.24) is 9.88 Å². The Balaban J connectivity index is 1.42. The Hall–Kier alpha value is -1.24. The van der Waals surface area contributed by atoms with Crippen molar-refractivity contribution >= 4 is 28.6 Å². The van der Waals surface area contributed by atoms with Gasteiger partial charge in [0.1, 0.15) is 5.01 Å². The van der Waals surface area contributed by atoms with Gasteiger partial charge in [-0.3, -0.25) is 4.79 Å². The molecule has 2 aromatic heterocycles.